The number of hydrogen-bond acceptors (Lipinski definition) is 2. The molecular formula is C11H14ClNO. The van der Waals surface area contributed by atoms with Gasteiger partial charge in [-0.3, -0.25) is 0 Å². The smallest absolute Gasteiger partial charge is 0.148 e. The van der Waals surface area contributed by atoms with E-state index in [9.17, 15) is 0 Å². The molecule has 1 aromatic carbocycles. The third-order valence-corrected chi connectivity index (χ3v) is 2.58. The van der Waals surface area contributed by atoms with Gasteiger partial charge in [0.25, 0.3) is 0 Å². The molecule has 1 aromatic rings. The highest BCUT2D eigenvalue weighted by molar-refractivity contribution is 6.30. The van der Waals surface area contributed by atoms with Gasteiger partial charge in [-0.2, -0.15) is 0 Å². The van der Waals surface area contributed by atoms with Crippen LogP contribution in [-0.4, -0.2) is 18.2 Å². The van der Waals surface area contributed by atoms with Crippen LogP contribution in [0.25, 0.3) is 0 Å². The highest BCUT2D eigenvalue weighted by Crippen LogP contribution is 2.19. The minimum atomic E-state index is 0.722. The maximum Gasteiger partial charge on any atom is 0.148 e. The molecule has 0 spiro atoms. The molecule has 0 atom stereocenters. The van der Waals surface area contributed by atoms with Crippen LogP contribution in [0, 0.1) is 0 Å². The lowest BCUT2D eigenvalue weighted by molar-refractivity contribution is -0.0719. The summed E-state index contributed by atoms with van der Waals surface area (Å²) in [6.07, 6.45) is 3.76. The molecule has 2 rings (SSSR count). The molecule has 0 radical (unpaired) electrons. The Morgan fingerprint density at radius 3 is 2.64 bits per heavy atom. The van der Waals surface area contributed by atoms with Gasteiger partial charge in [-0.1, -0.05) is 24.1 Å². The summed E-state index contributed by atoms with van der Waals surface area (Å²) in [7, 11) is 0. The van der Waals surface area contributed by atoms with Crippen molar-refractivity contribution in [2.75, 3.05) is 13.1 Å². The number of rotatable bonds is 2. The van der Waals surface area contributed by atoms with Crippen LogP contribution >= 0.6 is 11.6 Å². The van der Waals surface area contributed by atoms with Gasteiger partial charge in [0.15, 0.2) is 0 Å². The molecule has 1 heterocycles. The van der Waals surface area contributed by atoms with Crippen molar-refractivity contribution in [1.29, 1.82) is 0 Å². The summed E-state index contributed by atoms with van der Waals surface area (Å²) in [5, 5.41) is 2.73. The fourth-order valence-corrected chi connectivity index (χ4v) is 1.81. The van der Waals surface area contributed by atoms with E-state index < -0.39 is 0 Å². The lowest BCUT2D eigenvalue weighted by atomic mass is 10.2. The van der Waals surface area contributed by atoms with Gasteiger partial charge in [-0.25, -0.2) is 0 Å². The molecule has 1 fully saturated rings. The van der Waals surface area contributed by atoms with Crippen LogP contribution in [0.15, 0.2) is 24.3 Å². The van der Waals surface area contributed by atoms with E-state index >= 15 is 0 Å². The van der Waals surface area contributed by atoms with Crippen LogP contribution in [0.3, 0.4) is 0 Å². The van der Waals surface area contributed by atoms with Crippen LogP contribution < -0.4 is 4.84 Å². The summed E-state index contributed by atoms with van der Waals surface area (Å²) >= 11 is 5.86. The Hall–Kier alpha value is -0.730. The molecule has 1 aliphatic rings. The van der Waals surface area contributed by atoms with Crippen molar-refractivity contribution in [1.82, 2.24) is 5.06 Å². The summed E-state index contributed by atoms with van der Waals surface area (Å²) in [6.45, 7) is 2.04. The quantitative estimate of drug-likeness (QED) is 0.746. The van der Waals surface area contributed by atoms with Gasteiger partial charge in [0.05, 0.1) is 0 Å². The van der Waals surface area contributed by atoms with E-state index in [0.29, 0.717) is 0 Å². The largest absolute Gasteiger partial charge is 0.406 e. The number of halogens is 1. The van der Waals surface area contributed by atoms with Crippen LogP contribution in [0.4, 0.5) is 0 Å². The van der Waals surface area contributed by atoms with Crippen molar-refractivity contribution in [2.24, 2.45) is 0 Å². The zero-order valence-electron chi connectivity index (χ0n) is 8.08. The summed E-state index contributed by atoms with van der Waals surface area (Å²) in [4.78, 5) is 5.68. The summed E-state index contributed by atoms with van der Waals surface area (Å²) in [5.41, 5.74) is 0. The first-order chi connectivity index (χ1) is 6.84. The number of piperidine rings is 1. The second-order valence-electron chi connectivity index (χ2n) is 3.54. The number of hydrogen-bond donors (Lipinski definition) is 0. The van der Waals surface area contributed by atoms with E-state index in [1.54, 1.807) is 0 Å². The Bertz CT molecular complexity index is 297. The van der Waals surface area contributed by atoms with Gasteiger partial charge in [-0.15, -0.1) is 5.06 Å². The monoisotopic (exact) mass is 211 g/mol. The maximum atomic E-state index is 5.86. The van der Waals surface area contributed by atoms with Crippen molar-refractivity contribution in [3.63, 3.8) is 0 Å². The minimum absolute atomic E-state index is 0.722. The SMILES string of the molecule is Clc1cccc(ON2CCCCC2)c1. The average Bonchev–Trinajstić information content (AvgIpc) is 2.19. The van der Waals surface area contributed by atoms with Crippen molar-refractivity contribution >= 4 is 11.6 Å². The Balaban J connectivity index is 1.95. The molecule has 0 N–H and O–H groups in total. The molecule has 76 valence electrons. The van der Waals surface area contributed by atoms with Gasteiger partial charge in [0, 0.05) is 24.2 Å². The third-order valence-electron chi connectivity index (χ3n) is 2.35. The van der Waals surface area contributed by atoms with Crippen LogP contribution in [0.5, 0.6) is 5.75 Å². The normalized spacial score (nSPS) is 18.1. The molecule has 0 aromatic heterocycles. The Kier molecular flexibility index (Phi) is 3.27. The number of benzene rings is 1. The van der Waals surface area contributed by atoms with Crippen LogP contribution in [-0.2, 0) is 0 Å². The first-order valence-corrected chi connectivity index (χ1v) is 5.41. The summed E-state index contributed by atoms with van der Waals surface area (Å²) in [5.74, 6) is 0.833. The van der Waals surface area contributed by atoms with Gasteiger partial charge < -0.3 is 4.84 Å². The predicted octanol–water partition coefficient (Wildman–Crippen LogP) is 3.12. The van der Waals surface area contributed by atoms with Crippen LogP contribution in [0.2, 0.25) is 5.02 Å². The third kappa shape index (κ3) is 2.63. The standard InChI is InChI=1S/C11H14ClNO/c12-10-5-4-6-11(9-10)14-13-7-2-1-3-8-13/h4-6,9H,1-3,7-8H2. The van der Waals surface area contributed by atoms with Crippen molar-refractivity contribution in [3.8, 4) is 5.75 Å². The molecule has 3 heteroatoms. The first-order valence-electron chi connectivity index (χ1n) is 5.03. The van der Waals surface area contributed by atoms with Crippen LogP contribution in [0.1, 0.15) is 19.3 Å². The average molecular weight is 212 g/mol. The van der Waals surface area contributed by atoms with Gasteiger partial charge in [0.1, 0.15) is 5.75 Å². The Labute approximate surface area is 89.4 Å². The maximum absolute atomic E-state index is 5.86. The lowest BCUT2D eigenvalue weighted by Gasteiger charge is -2.25. The second kappa shape index (κ2) is 4.67. The lowest BCUT2D eigenvalue weighted by Crippen LogP contribution is -2.32. The van der Waals surface area contributed by atoms with Crippen molar-refractivity contribution < 1.29 is 4.84 Å². The van der Waals surface area contributed by atoms with E-state index in [-0.39, 0.29) is 0 Å². The van der Waals surface area contributed by atoms with Gasteiger partial charge in [-0.05, 0) is 25.0 Å². The van der Waals surface area contributed by atoms with Crippen molar-refractivity contribution in [3.05, 3.63) is 29.3 Å². The van der Waals surface area contributed by atoms with E-state index in [1.165, 1.54) is 19.3 Å². The van der Waals surface area contributed by atoms with Gasteiger partial charge >= 0.3 is 0 Å². The Morgan fingerprint density at radius 2 is 1.93 bits per heavy atom. The highest BCUT2D eigenvalue weighted by atomic mass is 35.5. The topological polar surface area (TPSA) is 12.5 Å². The van der Waals surface area contributed by atoms with E-state index in [4.69, 9.17) is 16.4 Å². The highest BCUT2D eigenvalue weighted by Gasteiger charge is 2.11. The molecule has 0 amide bonds. The zero-order chi connectivity index (χ0) is 9.80. The van der Waals surface area contributed by atoms with E-state index in [0.717, 1.165) is 23.9 Å². The summed E-state index contributed by atoms with van der Waals surface area (Å²) in [6, 6.07) is 7.53. The molecule has 14 heavy (non-hydrogen) atoms. The fourth-order valence-electron chi connectivity index (χ4n) is 1.63. The molecule has 0 aliphatic carbocycles. The fraction of sp³-hybridized carbons (Fsp3) is 0.455. The molecule has 1 aliphatic heterocycles. The first kappa shape index (κ1) is 9.81. The molecular weight excluding hydrogens is 198 g/mol. The number of nitrogens with zero attached hydrogens (tertiary/aromatic N) is 1. The summed E-state index contributed by atoms with van der Waals surface area (Å²) < 4.78 is 0. The number of hydroxylamine groups is 2. The molecule has 0 saturated carbocycles. The molecule has 0 bridgehead atoms. The van der Waals surface area contributed by atoms with E-state index in [2.05, 4.69) is 0 Å². The van der Waals surface area contributed by atoms with Crippen molar-refractivity contribution in [2.45, 2.75) is 19.3 Å². The van der Waals surface area contributed by atoms with Gasteiger partial charge in [0.2, 0.25) is 0 Å². The minimum Gasteiger partial charge on any atom is -0.406 e. The van der Waals surface area contributed by atoms with E-state index in [1.807, 2.05) is 29.3 Å². The second-order valence-corrected chi connectivity index (χ2v) is 3.97. The zero-order valence-corrected chi connectivity index (χ0v) is 8.83. The predicted molar refractivity (Wildman–Crippen MR) is 57.5 cm³/mol. The molecule has 0 unspecified atom stereocenters. The molecule has 1 saturated heterocycles. The Morgan fingerprint density at radius 1 is 1.14 bits per heavy atom. The molecule has 2 nitrogen and oxygen atoms in total.